The highest BCUT2D eigenvalue weighted by Crippen LogP contribution is 2.30. The molecular weight excluding hydrogens is 262 g/mol. The highest BCUT2D eigenvalue weighted by Gasteiger charge is 2.44. The smallest absolute Gasteiger partial charge is 0.243 e. The molecular formula is C14H15NO3S. The lowest BCUT2D eigenvalue weighted by Gasteiger charge is -2.06. The van der Waals surface area contributed by atoms with Gasteiger partial charge in [0.1, 0.15) is 5.76 Å². The molecule has 1 aromatic heterocycles. The van der Waals surface area contributed by atoms with Crippen LogP contribution in [0.15, 0.2) is 52.0 Å². The zero-order valence-corrected chi connectivity index (χ0v) is 11.4. The van der Waals surface area contributed by atoms with Crippen molar-refractivity contribution in [2.45, 2.75) is 24.3 Å². The molecule has 0 spiro atoms. The zero-order chi connectivity index (χ0) is 13.5. The van der Waals surface area contributed by atoms with E-state index in [1.165, 1.54) is 4.31 Å². The minimum absolute atomic E-state index is 0.0254. The molecule has 5 heteroatoms. The summed E-state index contributed by atoms with van der Waals surface area (Å²) in [6.45, 7) is 2.50. The first kappa shape index (κ1) is 12.4. The Balaban J connectivity index is 1.74. The number of rotatable bonds is 4. The lowest BCUT2D eigenvalue weighted by molar-refractivity contribution is 0.495. The van der Waals surface area contributed by atoms with Crippen molar-refractivity contribution in [2.75, 3.05) is 6.54 Å². The fourth-order valence-corrected chi connectivity index (χ4v) is 3.71. The molecule has 1 saturated heterocycles. The lowest BCUT2D eigenvalue weighted by atomic mass is 10.2. The predicted octanol–water partition coefficient (Wildman–Crippen LogP) is 2.20. The number of sulfonamides is 1. The summed E-state index contributed by atoms with van der Waals surface area (Å²) in [5, 5.41) is 0. The van der Waals surface area contributed by atoms with Crippen LogP contribution in [0.4, 0.5) is 0 Å². The van der Waals surface area contributed by atoms with Gasteiger partial charge in [-0.3, -0.25) is 0 Å². The van der Waals surface area contributed by atoms with Gasteiger partial charge in [-0.05, 0) is 31.2 Å². The van der Waals surface area contributed by atoms with E-state index in [1.54, 1.807) is 18.4 Å². The first-order chi connectivity index (χ1) is 9.07. The second-order valence-electron chi connectivity index (χ2n) is 4.83. The molecule has 0 bridgehead atoms. The van der Waals surface area contributed by atoms with Crippen LogP contribution in [0, 0.1) is 6.92 Å². The van der Waals surface area contributed by atoms with Crippen molar-refractivity contribution in [2.24, 2.45) is 0 Å². The van der Waals surface area contributed by atoms with Gasteiger partial charge < -0.3 is 4.42 Å². The zero-order valence-electron chi connectivity index (χ0n) is 10.6. The molecule has 0 saturated carbocycles. The van der Waals surface area contributed by atoms with Crippen molar-refractivity contribution in [1.29, 1.82) is 0 Å². The molecule has 2 aromatic rings. The fraction of sp³-hybridized carbons (Fsp3) is 0.286. The van der Waals surface area contributed by atoms with E-state index in [9.17, 15) is 8.42 Å². The summed E-state index contributed by atoms with van der Waals surface area (Å²) in [4.78, 5) is 0.361. The highest BCUT2D eigenvalue weighted by atomic mass is 32.2. The minimum Gasteiger partial charge on any atom is -0.469 e. The molecule has 0 N–H and O–H groups in total. The molecule has 2 unspecified atom stereocenters. The largest absolute Gasteiger partial charge is 0.469 e. The van der Waals surface area contributed by atoms with Gasteiger partial charge >= 0.3 is 0 Å². The van der Waals surface area contributed by atoms with Gasteiger partial charge in [-0.2, -0.15) is 4.31 Å². The Morgan fingerprint density at radius 2 is 2.00 bits per heavy atom. The third-order valence-corrected chi connectivity index (χ3v) is 5.24. The van der Waals surface area contributed by atoms with Crippen molar-refractivity contribution >= 4 is 10.0 Å². The van der Waals surface area contributed by atoms with Gasteiger partial charge in [0.2, 0.25) is 10.0 Å². The number of benzene rings is 1. The number of hydrogen-bond donors (Lipinski definition) is 0. The summed E-state index contributed by atoms with van der Waals surface area (Å²) in [5.41, 5.74) is 1.05. The Kier molecular flexibility index (Phi) is 2.95. The van der Waals surface area contributed by atoms with Crippen molar-refractivity contribution in [3.05, 3.63) is 54.0 Å². The fourth-order valence-electron chi connectivity index (χ4n) is 2.13. The number of nitrogens with zero attached hydrogens (tertiary/aromatic N) is 1. The van der Waals surface area contributed by atoms with Gasteiger partial charge in [-0.15, -0.1) is 0 Å². The van der Waals surface area contributed by atoms with Gasteiger partial charge in [0, 0.05) is 19.0 Å². The molecule has 1 aliphatic rings. The summed E-state index contributed by atoms with van der Waals surface area (Å²) < 4.78 is 31.4. The van der Waals surface area contributed by atoms with Crippen LogP contribution < -0.4 is 0 Å². The Hall–Kier alpha value is -1.59. The maximum absolute atomic E-state index is 12.3. The van der Waals surface area contributed by atoms with E-state index >= 15 is 0 Å². The van der Waals surface area contributed by atoms with Gasteiger partial charge in [-0.1, -0.05) is 17.7 Å². The average molecular weight is 277 g/mol. The van der Waals surface area contributed by atoms with E-state index in [4.69, 9.17) is 4.42 Å². The monoisotopic (exact) mass is 277 g/mol. The van der Waals surface area contributed by atoms with Crippen LogP contribution in [0.25, 0.3) is 0 Å². The number of aryl methyl sites for hydroxylation is 1. The third kappa shape index (κ3) is 2.43. The second-order valence-corrected chi connectivity index (χ2v) is 6.72. The van der Waals surface area contributed by atoms with Crippen LogP contribution in [0.3, 0.4) is 0 Å². The van der Waals surface area contributed by atoms with E-state index in [2.05, 4.69) is 0 Å². The third-order valence-electron chi connectivity index (χ3n) is 3.31. The quantitative estimate of drug-likeness (QED) is 0.805. The van der Waals surface area contributed by atoms with Crippen molar-refractivity contribution in [3.63, 3.8) is 0 Å². The number of furan rings is 1. The van der Waals surface area contributed by atoms with Gasteiger partial charge in [0.15, 0.2) is 0 Å². The van der Waals surface area contributed by atoms with E-state index in [1.807, 2.05) is 31.2 Å². The van der Waals surface area contributed by atoms with Crippen LogP contribution in [0.5, 0.6) is 0 Å². The molecule has 100 valence electrons. The summed E-state index contributed by atoms with van der Waals surface area (Å²) in [5.74, 6) is 0.826. The lowest BCUT2D eigenvalue weighted by Crippen LogP contribution is -2.15. The van der Waals surface area contributed by atoms with E-state index < -0.39 is 10.0 Å². The molecule has 1 aromatic carbocycles. The molecule has 2 heterocycles. The Bertz CT molecular complexity index is 659. The van der Waals surface area contributed by atoms with Crippen LogP contribution in [-0.2, 0) is 16.4 Å². The molecule has 0 amide bonds. The summed E-state index contributed by atoms with van der Waals surface area (Å²) in [7, 11) is -3.34. The van der Waals surface area contributed by atoms with E-state index in [-0.39, 0.29) is 6.04 Å². The van der Waals surface area contributed by atoms with Gasteiger partial charge in [-0.25, -0.2) is 8.42 Å². The molecule has 1 fully saturated rings. The average Bonchev–Trinajstić information content (AvgIpc) is 2.96. The molecule has 3 rings (SSSR count). The highest BCUT2D eigenvalue weighted by molar-refractivity contribution is 7.89. The van der Waals surface area contributed by atoms with Crippen molar-refractivity contribution in [1.82, 2.24) is 4.31 Å². The summed E-state index contributed by atoms with van der Waals surface area (Å²) in [6.07, 6.45) is 2.24. The number of hydrogen-bond acceptors (Lipinski definition) is 3. The van der Waals surface area contributed by atoms with Crippen molar-refractivity contribution < 1.29 is 12.8 Å². The first-order valence-electron chi connectivity index (χ1n) is 6.18. The molecule has 4 nitrogen and oxygen atoms in total. The van der Waals surface area contributed by atoms with Crippen LogP contribution in [0.2, 0.25) is 0 Å². The SMILES string of the molecule is Cc1ccc(S(=O)(=O)N2CC2Cc2ccco2)cc1. The molecule has 0 radical (unpaired) electrons. The van der Waals surface area contributed by atoms with Gasteiger partial charge in [0.25, 0.3) is 0 Å². The maximum Gasteiger partial charge on any atom is 0.243 e. The topological polar surface area (TPSA) is 50.3 Å². The van der Waals surface area contributed by atoms with Crippen LogP contribution in [-0.4, -0.2) is 25.3 Å². The Morgan fingerprint density at radius 3 is 2.63 bits per heavy atom. The summed E-state index contributed by atoms with van der Waals surface area (Å²) >= 11 is 0. The predicted molar refractivity (Wildman–Crippen MR) is 71.3 cm³/mol. The molecule has 19 heavy (non-hydrogen) atoms. The van der Waals surface area contributed by atoms with Crippen LogP contribution in [0.1, 0.15) is 11.3 Å². The maximum atomic E-state index is 12.3. The Morgan fingerprint density at radius 1 is 1.26 bits per heavy atom. The van der Waals surface area contributed by atoms with Crippen LogP contribution >= 0.6 is 0 Å². The summed E-state index contributed by atoms with van der Waals surface area (Å²) in [6, 6.07) is 10.7. The second kappa shape index (κ2) is 4.51. The van der Waals surface area contributed by atoms with E-state index in [0.717, 1.165) is 11.3 Å². The molecule has 1 aliphatic heterocycles. The molecule has 2 atom stereocenters. The molecule has 0 aliphatic carbocycles. The standard InChI is InChI=1S/C14H15NO3S/c1-11-4-6-14(7-5-11)19(16,17)15-10-12(15)9-13-3-2-8-18-13/h2-8,12H,9-10H2,1H3. The van der Waals surface area contributed by atoms with Crippen molar-refractivity contribution in [3.8, 4) is 0 Å². The minimum atomic E-state index is -3.34. The van der Waals surface area contributed by atoms with E-state index in [0.29, 0.717) is 17.9 Å². The normalized spacial score (nSPS) is 22.4. The first-order valence-corrected chi connectivity index (χ1v) is 7.62. The Labute approximate surface area is 112 Å². The van der Waals surface area contributed by atoms with Gasteiger partial charge in [0.05, 0.1) is 11.2 Å².